The van der Waals surface area contributed by atoms with E-state index in [9.17, 15) is 4.79 Å². The van der Waals surface area contributed by atoms with Gasteiger partial charge in [-0.25, -0.2) is 4.79 Å². The van der Waals surface area contributed by atoms with Gasteiger partial charge >= 0.3 is 17.0 Å². The van der Waals surface area contributed by atoms with Crippen LogP contribution in [0.25, 0.3) is 6.08 Å². The summed E-state index contributed by atoms with van der Waals surface area (Å²) in [6.45, 7) is 0. The maximum atomic E-state index is 11.5. The highest BCUT2D eigenvalue weighted by Gasteiger charge is 2.28. The Kier molecular flexibility index (Phi) is 2.78. The Morgan fingerprint density at radius 3 is 3.00 bits per heavy atom. The summed E-state index contributed by atoms with van der Waals surface area (Å²) in [6.07, 6.45) is 3.15. The molecule has 5 N–H and O–H groups in total. The predicted octanol–water partition coefficient (Wildman–Crippen LogP) is -1.40. The van der Waals surface area contributed by atoms with E-state index in [0.717, 1.165) is 11.8 Å². The number of furan rings is 1. The second-order valence-corrected chi connectivity index (χ2v) is 3.95. The highest BCUT2D eigenvalue weighted by molar-refractivity contribution is 8.18. The van der Waals surface area contributed by atoms with E-state index >= 15 is 0 Å². The first-order chi connectivity index (χ1) is 7.65. The lowest BCUT2D eigenvalue weighted by molar-refractivity contribution is -0.366. The van der Waals surface area contributed by atoms with Crippen LogP contribution in [-0.4, -0.2) is 17.0 Å². The van der Waals surface area contributed by atoms with Crippen molar-refractivity contribution in [3.8, 4) is 0 Å². The molecule has 2 heterocycles. The fourth-order valence-corrected chi connectivity index (χ4v) is 1.92. The van der Waals surface area contributed by atoms with E-state index in [4.69, 9.17) is 15.9 Å². The van der Waals surface area contributed by atoms with Gasteiger partial charge in [0.25, 0.3) is 0 Å². The summed E-state index contributed by atoms with van der Waals surface area (Å²) in [6, 6.07) is 3.49. The summed E-state index contributed by atoms with van der Waals surface area (Å²) < 4.78 is 5.10. The van der Waals surface area contributed by atoms with Crippen LogP contribution in [0.3, 0.4) is 0 Å². The molecule has 1 aromatic rings. The van der Waals surface area contributed by atoms with Gasteiger partial charge < -0.3 is 15.9 Å². The zero-order valence-electron chi connectivity index (χ0n) is 8.14. The van der Waals surface area contributed by atoms with Crippen LogP contribution in [0.2, 0.25) is 0 Å². The number of rotatable bonds is 1. The summed E-state index contributed by atoms with van der Waals surface area (Å²) in [4.78, 5) is 18.2. The number of carbonyl (C=O) groups is 1. The van der Waals surface area contributed by atoms with Gasteiger partial charge in [-0.1, -0.05) is 0 Å². The topological polar surface area (TPSA) is 109 Å². The van der Waals surface area contributed by atoms with Crippen LogP contribution >= 0.6 is 11.8 Å². The highest BCUT2D eigenvalue weighted by Crippen LogP contribution is 2.21. The monoisotopic (exact) mass is 237 g/mol. The molecule has 1 aromatic heterocycles. The van der Waals surface area contributed by atoms with Crippen LogP contribution in [0, 0.1) is 0 Å². The Bertz CT molecular complexity index is 498. The minimum Gasteiger partial charge on any atom is -0.465 e. The molecule has 0 radical (unpaired) electrons. The van der Waals surface area contributed by atoms with Gasteiger partial charge in [0.15, 0.2) is 0 Å². The number of nitrogens with zero attached hydrogens (tertiary/aromatic N) is 1. The first-order valence-electron chi connectivity index (χ1n) is 4.36. The number of thioether (sulfide) groups is 1. The average molecular weight is 237 g/mol. The lowest BCUT2D eigenvalue weighted by atomic mass is 10.4. The van der Waals surface area contributed by atoms with Crippen LogP contribution < -0.4 is 16.5 Å². The van der Waals surface area contributed by atoms with Crippen LogP contribution in [0.4, 0.5) is 0 Å². The molecule has 0 spiro atoms. The SMILES string of the molecule is NC(N)=NC1=[NH+]C(=O)/C(=C/c2ccco2)S1. The van der Waals surface area contributed by atoms with Gasteiger partial charge in [0, 0.05) is 22.8 Å². The Morgan fingerprint density at radius 1 is 1.56 bits per heavy atom. The van der Waals surface area contributed by atoms with E-state index in [1.807, 2.05) is 0 Å². The number of amides is 1. The number of aliphatic imine (C=N–C) groups is 1. The Morgan fingerprint density at radius 2 is 2.38 bits per heavy atom. The molecule has 0 aromatic carbocycles. The summed E-state index contributed by atoms with van der Waals surface area (Å²) in [5.74, 6) is 0.257. The molecule has 0 bridgehead atoms. The molecule has 1 aliphatic rings. The number of guanidine groups is 1. The van der Waals surface area contributed by atoms with Crippen LogP contribution in [0.5, 0.6) is 0 Å². The fourth-order valence-electron chi connectivity index (χ4n) is 1.10. The molecule has 82 valence electrons. The van der Waals surface area contributed by atoms with Crippen LogP contribution in [0.15, 0.2) is 32.7 Å². The van der Waals surface area contributed by atoms with Crippen molar-refractivity contribution in [1.82, 2.24) is 0 Å². The quantitative estimate of drug-likeness (QED) is 0.316. The molecular weight excluding hydrogens is 228 g/mol. The maximum Gasteiger partial charge on any atom is 0.369 e. The number of nitrogens with one attached hydrogen (secondary N) is 1. The summed E-state index contributed by atoms with van der Waals surface area (Å²) in [5.41, 5.74) is 10.4. The second-order valence-electron chi connectivity index (χ2n) is 2.92. The molecule has 0 fully saturated rings. The molecule has 0 saturated heterocycles. The molecule has 2 rings (SSSR count). The number of hydrogen-bond acceptors (Lipinski definition) is 4. The van der Waals surface area contributed by atoms with Gasteiger partial charge in [-0.3, -0.25) is 0 Å². The third-order valence-electron chi connectivity index (χ3n) is 1.70. The Hall–Kier alpha value is -2.02. The predicted molar refractivity (Wildman–Crippen MR) is 61.1 cm³/mol. The molecule has 6 nitrogen and oxygen atoms in total. The maximum absolute atomic E-state index is 11.5. The van der Waals surface area contributed by atoms with E-state index in [2.05, 4.69) is 9.98 Å². The third kappa shape index (κ3) is 2.31. The van der Waals surface area contributed by atoms with Crippen molar-refractivity contribution in [1.29, 1.82) is 0 Å². The van der Waals surface area contributed by atoms with Crippen molar-refractivity contribution in [2.75, 3.05) is 0 Å². The normalized spacial score (nSPS) is 17.6. The van der Waals surface area contributed by atoms with E-state index in [-0.39, 0.29) is 11.9 Å². The van der Waals surface area contributed by atoms with E-state index in [1.54, 1.807) is 18.2 Å². The fraction of sp³-hybridized carbons (Fsp3) is 0. The Balaban J connectivity index is 2.19. The summed E-state index contributed by atoms with van der Waals surface area (Å²) in [5, 5.41) is 0.364. The molecule has 0 atom stereocenters. The zero-order chi connectivity index (χ0) is 11.5. The van der Waals surface area contributed by atoms with Gasteiger partial charge in [0.1, 0.15) is 10.7 Å². The molecule has 0 aliphatic carbocycles. The molecule has 1 amide bonds. The van der Waals surface area contributed by atoms with Crippen LogP contribution in [-0.2, 0) is 4.79 Å². The lowest BCUT2D eigenvalue weighted by Crippen LogP contribution is -2.73. The summed E-state index contributed by atoms with van der Waals surface area (Å²) in [7, 11) is 0. The van der Waals surface area contributed by atoms with Crippen molar-refractivity contribution in [2.45, 2.75) is 0 Å². The minimum absolute atomic E-state index is 0.0953. The first-order valence-corrected chi connectivity index (χ1v) is 5.18. The smallest absolute Gasteiger partial charge is 0.369 e. The molecule has 0 saturated carbocycles. The largest absolute Gasteiger partial charge is 0.465 e. The number of nitrogens with two attached hydrogens (primary N) is 2. The molecule has 0 unspecified atom stereocenters. The van der Waals surface area contributed by atoms with Crippen molar-refractivity contribution >= 4 is 34.9 Å². The molecular formula is C9H9N4O2S+. The second kappa shape index (κ2) is 4.23. The standard InChI is InChI=1S/C9H8N4O2S/c10-8(11)13-9-12-7(14)6(16-9)4-5-2-1-3-15-5/h1-4H,(H4,10,11,12,13,14)/p+1/b6-4-. The van der Waals surface area contributed by atoms with Gasteiger partial charge in [-0.05, 0) is 12.1 Å². The first kappa shape index (κ1) is 10.5. The van der Waals surface area contributed by atoms with Crippen molar-refractivity contribution in [3.05, 3.63) is 29.1 Å². The van der Waals surface area contributed by atoms with Gasteiger partial charge in [-0.2, -0.15) is 4.99 Å². The van der Waals surface area contributed by atoms with E-state index < -0.39 is 0 Å². The lowest BCUT2D eigenvalue weighted by Gasteiger charge is -1.86. The highest BCUT2D eigenvalue weighted by atomic mass is 32.2. The number of hydrogen-bond donors (Lipinski definition) is 3. The van der Waals surface area contributed by atoms with Gasteiger partial charge in [-0.15, -0.1) is 0 Å². The van der Waals surface area contributed by atoms with Crippen molar-refractivity contribution < 1.29 is 14.2 Å². The molecule has 7 heteroatoms. The number of carbonyl (C=O) groups excluding carboxylic acids is 1. The zero-order valence-corrected chi connectivity index (χ0v) is 8.95. The Labute approximate surface area is 95.1 Å². The van der Waals surface area contributed by atoms with Gasteiger partial charge in [0.2, 0.25) is 0 Å². The minimum atomic E-state index is -0.249. The number of amidine groups is 1. The van der Waals surface area contributed by atoms with E-state index in [0.29, 0.717) is 15.8 Å². The van der Waals surface area contributed by atoms with Gasteiger partial charge in [0.05, 0.1) is 6.26 Å². The average Bonchev–Trinajstić information content (AvgIpc) is 2.77. The van der Waals surface area contributed by atoms with Crippen molar-refractivity contribution in [2.24, 2.45) is 16.5 Å². The molecule has 16 heavy (non-hydrogen) atoms. The summed E-state index contributed by atoms with van der Waals surface area (Å²) >= 11 is 1.15. The molecule has 1 aliphatic heterocycles. The van der Waals surface area contributed by atoms with Crippen molar-refractivity contribution in [3.63, 3.8) is 0 Å². The van der Waals surface area contributed by atoms with E-state index in [1.165, 1.54) is 6.26 Å². The third-order valence-corrected chi connectivity index (χ3v) is 2.61. The van der Waals surface area contributed by atoms with Crippen LogP contribution in [0.1, 0.15) is 5.76 Å².